The molecule has 0 heterocycles. The largest absolute Gasteiger partial charge is 0.598 e. The Kier molecular flexibility index (Phi) is 6.79. The van der Waals surface area contributed by atoms with Crippen LogP contribution in [0.15, 0.2) is 0 Å². The lowest BCUT2D eigenvalue weighted by Gasteiger charge is -2.25. The third-order valence-electron chi connectivity index (χ3n) is 1.68. The Hall–Kier alpha value is 0.630. The van der Waals surface area contributed by atoms with E-state index >= 15 is 0 Å². The van der Waals surface area contributed by atoms with Crippen LogP contribution in [-0.4, -0.2) is 19.1 Å². The predicted octanol–water partition coefficient (Wildman–Crippen LogP) is 3.08. The second-order valence-corrected chi connectivity index (χ2v) is 8.85. The Morgan fingerprint density at radius 1 is 1.38 bits per heavy atom. The Morgan fingerprint density at radius 3 is 2.19 bits per heavy atom. The number of hydrogen-bond acceptors (Lipinski definition) is 3. The summed E-state index contributed by atoms with van der Waals surface area (Å²) in [6.45, 7) is 5.46. The first-order valence-electron chi connectivity index (χ1n) is 4.70. The molecule has 2 atom stereocenters. The molecule has 0 aliphatic heterocycles. The molecule has 0 spiro atoms. The van der Waals surface area contributed by atoms with Crippen LogP contribution in [0.25, 0.3) is 0 Å². The van der Waals surface area contributed by atoms with Gasteiger partial charge in [0, 0.05) is 11.4 Å². The first-order chi connectivity index (χ1) is 7.06. The summed E-state index contributed by atoms with van der Waals surface area (Å²) in [5, 5.41) is 8.86. The molecule has 0 radical (unpaired) electrons. The van der Waals surface area contributed by atoms with Crippen molar-refractivity contribution in [2.75, 3.05) is 0 Å². The van der Waals surface area contributed by atoms with Gasteiger partial charge in [0.05, 0.1) is 6.07 Å². The highest BCUT2D eigenvalue weighted by atomic mass is 35.6. The van der Waals surface area contributed by atoms with E-state index < -0.39 is 25.9 Å². The standard InChI is InChI=1S/C9H15Cl3N2OS/c1-8(2,3)16(15)14-7(6-13)4-5-9(10,11)12/h7,14H,4-5H2,1-3H3/t7-,16-/m0/s1. The molecule has 7 heteroatoms. The van der Waals surface area contributed by atoms with Crippen LogP contribution in [0.2, 0.25) is 0 Å². The molecule has 1 N–H and O–H groups in total. The van der Waals surface area contributed by atoms with Crippen molar-refractivity contribution in [3.05, 3.63) is 0 Å². The van der Waals surface area contributed by atoms with E-state index in [4.69, 9.17) is 40.1 Å². The first kappa shape index (κ1) is 16.6. The zero-order chi connectivity index (χ0) is 13.0. The van der Waals surface area contributed by atoms with Gasteiger partial charge in [-0.15, -0.1) is 4.72 Å². The summed E-state index contributed by atoms with van der Waals surface area (Å²) in [5.41, 5.74) is 0. The van der Waals surface area contributed by atoms with Crippen LogP contribution >= 0.6 is 34.8 Å². The highest BCUT2D eigenvalue weighted by Crippen LogP contribution is 2.31. The monoisotopic (exact) mass is 304 g/mol. The summed E-state index contributed by atoms with van der Waals surface area (Å²) in [4.78, 5) is 0. The minimum Gasteiger partial charge on any atom is -0.598 e. The van der Waals surface area contributed by atoms with Gasteiger partial charge in [-0.1, -0.05) is 34.8 Å². The van der Waals surface area contributed by atoms with Gasteiger partial charge >= 0.3 is 0 Å². The molecular formula is C9H15Cl3N2OS. The van der Waals surface area contributed by atoms with Crippen molar-refractivity contribution in [3.8, 4) is 6.07 Å². The maximum atomic E-state index is 11.7. The zero-order valence-corrected chi connectivity index (χ0v) is 12.5. The maximum Gasteiger partial charge on any atom is 0.190 e. The Balaban J connectivity index is 4.18. The number of hydrogen-bond donors (Lipinski definition) is 1. The molecule has 0 aromatic heterocycles. The number of rotatable bonds is 4. The number of alkyl halides is 3. The van der Waals surface area contributed by atoms with E-state index in [-0.39, 0.29) is 6.42 Å². The third-order valence-corrected chi connectivity index (χ3v) is 3.86. The van der Waals surface area contributed by atoms with Crippen molar-refractivity contribution < 1.29 is 4.55 Å². The van der Waals surface area contributed by atoms with Crippen molar-refractivity contribution in [1.29, 1.82) is 5.26 Å². The summed E-state index contributed by atoms with van der Waals surface area (Å²) >= 11 is 15.4. The van der Waals surface area contributed by atoms with E-state index in [9.17, 15) is 4.55 Å². The smallest absolute Gasteiger partial charge is 0.190 e. The van der Waals surface area contributed by atoms with Crippen LogP contribution < -0.4 is 4.72 Å². The lowest BCUT2D eigenvalue weighted by atomic mass is 10.2. The van der Waals surface area contributed by atoms with Crippen molar-refractivity contribution in [2.45, 2.75) is 48.2 Å². The van der Waals surface area contributed by atoms with E-state index in [0.29, 0.717) is 6.42 Å². The van der Waals surface area contributed by atoms with E-state index in [2.05, 4.69) is 4.72 Å². The zero-order valence-electron chi connectivity index (χ0n) is 9.39. The number of nitriles is 1. The summed E-state index contributed by atoms with van der Waals surface area (Å²) < 4.78 is 12.6. The molecule has 0 rings (SSSR count). The normalized spacial score (nSPS) is 16.6. The molecule has 0 aliphatic carbocycles. The Bertz CT molecular complexity index is 257. The highest BCUT2D eigenvalue weighted by molar-refractivity contribution is 7.90. The molecule has 0 amide bonds. The van der Waals surface area contributed by atoms with Crippen LogP contribution in [0.5, 0.6) is 0 Å². The van der Waals surface area contributed by atoms with Crippen LogP contribution in [0.1, 0.15) is 33.6 Å². The molecule has 94 valence electrons. The van der Waals surface area contributed by atoms with Gasteiger partial charge in [0.25, 0.3) is 0 Å². The van der Waals surface area contributed by atoms with Crippen molar-refractivity contribution in [2.24, 2.45) is 0 Å². The third kappa shape index (κ3) is 7.83. The van der Waals surface area contributed by atoms with Gasteiger partial charge in [-0.3, -0.25) is 0 Å². The van der Waals surface area contributed by atoms with E-state index in [1.807, 2.05) is 26.8 Å². The molecule has 0 aromatic rings. The SMILES string of the molecule is CC(C)(C)[S@+]([O-])N[C@H](C#N)CCC(Cl)(Cl)Cl. The molecule has 16 heavy (non-hydrogen) atoms. The van der Waals surface area contributed by atoms with Gasteiger partial charge < -0.3 is 4.55 Å². The summed E-state index contributed by atoms with van der Waals surface area (Å²) in [7, 11) is 0. The topological polar surface area (TPSA) is 58.9 Å². The fourth-order valence-electron chi connectivity index (χ4n) is 0.764. The average molecular weight is 306 g/mol. The second kappa shape index (κ2) is 6.53. The Labute approximate surface area is 115 Å². The molecule has 3 nitrogen and oxygen atoms in total. The minimum absolute atomic E-state index is 0.240. The second-order valence-electron chi connectivity index (χ2n) is 4.33. The van der Waals surface area contributed by atoms with Gasteiger partial charge in [0.15, 0.2) is 3.79 Å². The van der Waals surface area contributed by atoms with E-state index in [0.717, 1.165) is 0 Å². The van der Waals surface area contributed by atoms with Crippen LogP contribution in [-0.2, 0) is 11.4 Å². The van der Waals surface area contributed by atoms with Crippen molar-refractivity contribution in [1.82, 2.24) is 4.72 Å². The number of nitrogens with zero attached hydrogens (tertiary/aromatic N) is 1. The van der Waals surface area contributed by atoms with Gasteiger partial charge in [-0.05, 0) is 33.6 Å². The summed E-state index contributed by atoms with van der Waals surface area (Å²) in [6, 6.07) is 1.42. The van der Waals surface area contributed by atoms with Gasteiger partial charge in [0.2, 0.25) is 0 Å². The maximum absolute atomic E-state index is 11.7. The Morgan fingerprint density at radius 2 is 1.88 bits per heavy atom. The van der Waals surface area contributed by atoms with Crippen molar-refractivity contribution in [3.63, 3.8) is 0 Å². The number of nitrogens with one attached hydrogen (secondary N) is 1. The molecule has 0 saturated heterocycles. The van der Waals surface area contributed by atoms with Gasteiger partial charge in [0.1, 0.15) is 10.8 Å². The fourth-order valence-corrected chi connectivity index (χ4v) is 1.87. The quantitative estimate of drug-likeness (QED) is 0.641. The average Bonchev–Trinajstić information content (AvgIpc) is 2.08. The first-order valence-corrected chi connectivity index (χ1v) is 6.99. The van der Waals surface area contributed by atoms with E-state index in [1.165, 1.54) is 0 Å². The van der Waals surface area contributed by atoms with Crippen LogP contribution in [0.3, 0.4) is 0 Å². The fraction of sp³-hybridized carbons (Fsp3) is 0.889. The van der Waals surface area contributed by atoms with Gasteiger partial charge in [-0.25, -0.2) is 0 Å². The van der Waals surface area contributed by atoms with Crippen LogP contribution in [0.4, 0.5) is 0 Å². The molecule has 0 aliphatic rings. The molecule has 0 aromatic carbocycles. The van der Waals surface area contributed by atoms with E-state index in [1.54, 1.807) is 0 Å². The van der Waals surface area contributed by atoms with Crippen molar-refractivity contribution >= 4 is 46.2 Å². The van der Waals surface area contributed by atoms with Gasteiger partial charge in [-0.2, -0.15) is 5.26 Å². The lowest BCUT2D eigenvalue weighted by Crippen LogP contribution is -2.44. The highest BCUT2D eigenvalue weighted by Gasteiger charge is 2.30. The number of halogens is 3. The molecule has 0 fully saturated rings. The molecular weight excluding hydrogens is 291 g/mol. The van der Waals surface area contributed by atoms with Crippen LogP contribution in [0, 0.1) is 11.3 Å². The summed E-state index contributed by atoms with van der Waals surface area (Å²) in [5.74, 6) is 0. The predicted molar refractivity (Wildman–Crippen MR) is 70.0 cm³/mol. The lowest BCUT2D eigenvalue weighted by molar-refractivity contribution is 0.527. The minimum atomic E-state index is -1.37. The molecule has 0 saturated carbocycles. The molecule has 0 unspecified atom stereocenters. The molecule has 0 bridgehead atoms. The summed E-state index contributed by atoms with van der Waals surface area (Å²) in [6.07, 6.45) is 0.582.